The van der Waals surface area contributed by atoms with Gasteiger partial charge in [-0.2, -0.15) is 0 Å². The lowest BCUT2D eigenvalue weighted by Crippen LogP contribution is -2.47. The van der Waals surface area contributed by atoms with Gasteiger partial charge in [0.1, 0.15) is 0 Å². The Morgan fingerprint density at radius 3 is 2.50 bits per heavy atom. The minimum Gasteiger partial charge on any atom is -0.469 e. The lowest BCUT2D eigenvalue weighted by molar-refractivity contribution is -0.158. The van der Waals surface area contributed by atoms with Crippen molar-refractivity contribution in [2.45, 2.75) is 57.8 Å². The van der Waals surface area contributed by atoms with Gasteiger partial charge in [-0.1, -0.05) is 38.5 Å². The van der Waals surface area contributed by atoms with Crippen LogP contribution in [-0.4, -0.2) is 26.2 Å². The molecular weight excluding hydrogens is 226 g/mol. The molecule has 0 atom stereocenters. The highest BCUT2D eigenvalue weighted by molar-refractivity contribution is 5.78. The molecule has 0 radical (unpaired) electrons. The summed E-state index contributed by atoms with van der Waals surface area (Å²) in [7, 11) is 1.50. The van der Waals surface area contributed by atoms with E-state index >= 15 is 0 Å². The third kappa shape index (κ3) is 3.25. The molecule has 2 aliphatic rings. The number of ether oxygens (including phenoxy) is 1. The van der Waals surface area contributed by atoms with E-state index in [-0.39, 0.29) is 11.4 Å². The van der Waals surface area contributed by atoms with E-state index in [1.165, 1.54) is 52.1 Å². The van der Waals surface area contributed by atoms with Crippen LogP contribution < -0.4 is 5.32 Å². The lowest BCUT2D eigenvalue weighted by atomic mass is 9.68. The van der Waals surface area contributed by atoms with Crippen LogP contribution in [0, 0.1) is 11.3 Å². The Labute approximate surface area is 111 Å². The predicted molar refractivity (Wildman–Crippen MR) is 72.4 cm³/mol. The van der Waals surface area contributed by atoms with Crippen molar-refractivity contribution < 1.29 is 9.53 Å². The van der Waals surface area contributed by atoms with E-state index in [0.717, 1.165) is 31.8 Å². The molecule has 0 aliphatic heterocycles. The standard InChI is InChI=1S/C15H27NO2/c1-18-14(17)15(9-5-10-15)12-16-11-8-13-6-3-2-4-7-13/h13,16H,2-12H2,1H3. The van der Waals surface area contributed by atoms with E-state index in [2.05, 4.69) is 5.32 Å². The van der Waals surface area contributed by atoms with E-state index < -0.39 is 0 Å². The van der Waals surface area contributed by atoms with Crippen molar-refractivity contribution >= 4 is 5.97 Å². The maximum Gasteiger partial charge on any atom is 0.313 e. The highest BCUT2D eigenvalue weighted by Gasteiger charge is 2.44. The van der Waals surface area contributed by atoms with Gasteiger partial charge in [-0.25, -0.2) is 0 Å². The lowest BCUT2D eigenvalue weighted by Gasteiger charge is -2.39. The van der Waals surface area contributed by atoms with Crippen LogP contribution in [-0.2, 0) is 9.53 Å². The van der Waals surface area contributed by atoms with Gasteiger partial charge in [0.2, 0.25) is 0 Å². The maximum absolute atomic E-state index is 11.7. The molecule has 0 aromatic carbocycles. The van der Waals surface area contributed by atoms with Crippen molar-refractivity contribution in [1.29, 1.82) is 0 Å². The monoisotopic (exact) mass is 253 g/mol. The largest absolute Gasteiger partial charge is 0.469 e. The quantitative estimate of drug-likeness (QED) is 0.584. The summed E-state index contributed by atoms with van der Waals surface area (Å²) >= 11 is 0. The van der Waals surface area contributed by atoms with Crippen molar-refractivity contribution in [1.82, 2.24) is 5.32 Å². The molecule has 0 unspecified atom stereocenters. The van der Waals surface area contributed by atoms with Crippen LogP contribution in [0.5, 0.6) is 0 Å². The number of esters is 1. The summed E-state index contributed by atoms with van der Waals surface area (Å²) < 4.78 is 4.93. The molecule has 3 nitrogen and oxygen atoms in total. The van der Waals surface area contributed by atoms with Gasteiger partial charge in [0.25, 0.3) is 0 Å². The molecule has 0 spiro atoms. The average molecular weight is 253 g/mol. The van der Waals surface area contributed by atoms with Crippen molar-refractivity contribution in [3.63, 3.8) is 0 Å². The van der Waals surface area contributed by atoms with Crippen molar-refractivity contribution in [3.05, 3.63) is 0 Å². The summed E-state index contributed by atoms with van der Waals surface area (Å²) in [6.45, 7) is 1.87. The van der Waals surface area contributed by atoms with Gasteiger partial charge >= 0.3 is 5.97 Å². The first-order valence-corrected chi connectivity index (χ1v) is 7.56. The van der Waals surface area contributed by atoms with E-state index in [0.29, 0.717) is 0 Å². The highest BCUT2D eigenvalue weighted by Crippen LogP contribution is 2.41. The molecule has 0 heterocycles. The summed E-state index contributed by atoms with van der Waals surface area (Å²) in [4.78, 5) is 11.7. The molecule has 1 N–H and O–H groups in total. The molecule has 2 rings (SSSR count). The van der Waals surface area contributed by atoms with Gasteiger partial charge in [-0.05, 0) is 31.7 Å². The van der Waals surface area contributed by atoms with E-state index in [4.69, 9.17) is 4.74 Å². The van der Waals surface area contributed by atoms with Gasteiger partial charge in [-0.15, -0.1) is 0 Å². The minimum absolute atomic E-state index is 0.0149. The maximum atomic E-state index is 11.7. The average Bonchev–Trinajstić information content (AvgIpc) is 2.37. The predicted octanol–water partition coefficient (Wildman–Crippen LogP) is 2.89. The Kier molecular flexibility index (Phi) is 5.04. The van der Waals surface area contributed by atoms with E-state index in [9.17, 15) is 4.79 Å². The zero-order valence-corrected chi connectivity index (χ0v) is 11.7. The smallest absolute Gasteiger partial charge is 0.313 e. The van der Waals surface area contributed by atoms with Gasteiger partial charge in [0.05, 0.1) is 12.5 Å². The van der Waals surface area contributed by atoms with E-state index in [1.807, 2.05) is 0 Å². The Hall–Kier alpha value is -0.570. The fourth-order valence-corrected chi connectivity index (χ4v) is 3.38. The molecule has 2 fully saturated rings. The summed E-state index contributed by atoms with van der Waals surface area (Å²) in [5, 5.41) is 3.49. The van der Waals surface area contributed by atoms with E-state index in [1.54, 1.807) is 0 Å². The Morgan fingerprint density at radius 1 is 1.22 bits per heavy atom. The number of nitrogens with one attached hydrogen (secondary N) is 1. The van der Waals surface area contributed by atoms with Gasteiger partial charge in [0.15, 0.2) is 0 Å². The second kappa shape index (κ2) is 6.55. The topological polar surface area (TPSA) is 38.3 Å². The third-order valence-corrected chi connectivity index (χ3v) is 4.85. The van der Waals surface area contributed by atoms with Crippen molar-refractivity contribution in [3.8, 4) is 0 Å². The normalized spacial score (nSPS) is 23.4. The van der Waals surface area contributed by atoms with Crippen LogP contribution in [0.2, 0.25) is 0 Å². The summed E-state index contributed by atoms with van der Waals surface area (Å²) in [5.74, 6) is 0.903. The van der Waals surface area contributed by atoms with Crippen LogP contribution in [0.25, 0.3) is 0 Å². The number of carbonyl (C=O) groups is 1. The molecule has 18 heavy (non-hydrogen) atoms. The second-order valence-corrected chi connectivity index (χ2v) is 6.09. The molecule has 3 heteroatoms. The molecule has 104 valence electrons. The van der Waals surface area contributed by atoms with Crippen LogP contribution >= 0.6 is 0 Å². The molecule has 0 amide bonds. The number of methoxy groups -OCH3 is 1. The zero-order chi connectivity index (χ0) is 12.8. The van der Waals surface area contributed by atoms with Crippen LogP contribution in [0.4, 0.5) is 0 Å². The molecule has 2 saturated carbocycles. The minimum atomic E-state index is -0.193. The highest BCUT2D eigenvalue weighted by atomic mass is 16.5. The fraction of sp³-hybridized carbons (Fsp3) is 0.933. The molecule has 2 aliphatic carbocycles. The summed E-state index contributed by atoms with van der Waals surface area (Å²) in [6.07, 6.45) is 11.5. The van der Waals surface area contributed by atoms with Gasteiger partial charge < -0.3 is 10.1 Å². The first kappa shape index (κ1) is 13.9. The van der Waals surface area contributed by atoms with Crippen molar-refractivity contribution in [2.75, 3.05) is 20.2 Å². The fourth-order valence-electron chi connectivity index (χ4n) is 3.38. The first-order chi connectivity index (χ1) is 8.77. The molecular formula is C15H27NO2. The molecule has 0 saturated heterocycles. The van der Waals surface area contributed by atoms with Gasteiger partial charge in [0, 0.05) is 6.54 Å². The second-order valence-electron chi connectivity index (χ2n) is 6.09. The number of hydrogen-bond donors (Lipinski definition) is 1. The number of hydrogen-bond acceptors (Lipinski definition) is 3. The third-order valence-electron chi connectivity index (χ3n) is 4.85. The SMILES string of the molecule is COC(=O)C1(CNCCC2CCCCC2)CCC1. The molecule has 0 aromatic heterocycles. The molecule has 0 bridgehead atoms. The Morgan fingerprint density at radius 2 is 1.94 bits per heavy atom. The number of rotatable bonds is 6. The van der Waals surface area contributed by atoms with Crippen LogP contribution in [0.15, 0.2) is 0 Å². The van der Waals surface area contributed by atoms with Crippen LogP contribution in [0.1, 0.15) is 57.8 Å². The summed E-state index contributed by atoms with van der Waals surface area (Å²) in [5.41, 5.74) is -0.193. The Balaban J connectivity index is 1.63. The molecule has 0 aromatic rings. The first-order valence-electron chi connectivity index (χ1n) is 7.56. The zero-order valence-electron chi connectivity index (χ0n) is 11.7. The number of carbonyl (C=O) groups excluding carboxylic acids is 1. The van der Waals surface area contributed by atoms with Crippen molar-refractivity contribution in [2.24, 2.45) is 11.3 Å². The van der Waals surface area contributed by atoms with Crippen LogP contribution in [0.3, 0.4) is 0 Å². The Bertz CT molecular complexity index is 268. The summed E-state index contributed by atoms with van der Waals surface area (Å²) in [6, 6.07) is 0. The van der Waals surface area contributed by atoms with Gasteiger partial charge in [-0.3, -0.25) is 4.79 Å².